The van der Waals surface area contributed by atoms with Gasteiger partial charge in [-0.1, -0.05) is 27.4 Å². The highest BCUT2D eigenvalue weighted by atomic mass is 16.1. The van der Waals surface area contributed by atoms with Crippen molar-refractivity contribution in [2.24, 2.45) is 11.8 Å². The highest BCUT2D eigenvalue weighted by molar-refractivity contribution is 5.44. The summed E-state index contributed by atoms with van der Waals surface area (Å²) in [5, 5.41) is 0. The topological polar surface area (TPSA) is 23.6 Å². The smallest absolute Gasteiger partial charge is 0.116 e. The van der Waals surface area contributed by atoms with Crippen molar-refractivity contribution in [3.8, 4) is 0 Å². The van der Waals surface area contributed by atoms with Crippen LogP contribution in [0.5, 0.6) is 0 Å². The largest absolute Gasteiger partial charge is 0.375 e. The Morgan fingerprint density at radius 1 is 1.15 bits per heavy atom. The molecule has 2 aliphatic heterocycles. The van der Waals surface area contributed by atoms with Crippen LogP contribution in [-0.4, -0.2) is 49.3 Å². The third-order valence-electron chi connectivity index (χ3n) is 4.02. The number of hydrogen-bond donors (Lipinski definition) is 0. The van der Waals surface area contributed by atoms with E-state index in [0.29, 0.717) is 0 Å². The van der Waals surface area contributed by atoms with Crippen molar-refractivity contribution < 1.29 is 4.79 Å². The molecule has 0 aliphatic carbocycles. The van der Waals surface area contributed by atoms with E-state index in [1.807, 2.05) is 13.8 Å². The van der Waals surface area contributed by atoms with Gasteiger partial charge in [0, 0.05) is 24.7 Å². The molecule has 2 rings (SSSR count). The Bertz CT molecular complexity index is 270. The maximum Gasteiger partial charge on any atom is 0.116 e. The molecule has 3 heteroatoms. The van der Waals surface area contributed by atoms with Gasteiger partial charge in [-0.3, -0.25) is 0 Å². The molecule has 0 aromatic rings. The monoisotopic (exact) mass is 282 g/mol. The third-order valence-corrected chi connectivity index (χ3v) is 4.02. The van der Waals surface area contributed by atoms with E-state index in [2.05, 4.69) is 30.4 Å². The highest BCUT2D eigenvalue weighted by Gasteiger charge is 2.26. The molecule has 3 nitrogen and oxygen atoms in total. The molecule has 0 saturated carbocycles. The number of likely N-dealkylation sites (tertiary alicyclic amines) is 2. The van der Waals surface area contributed by atoms with Gasteiger partial charge in [0.25, 0.3) is 0 Å². The first-order valence-corrected chi connectivity index (χ1v) is 8.10. The van der Waals surface area contributed by atoms with Crippen LogP contribution < -0.4 is 0 Å². The molecule has 0 N–H and O–H groups in total. The van der Waals surface area contributed by atoms with Crippen LogP contribution in [0.4, 0.5) is 0 Å². The molecule has 118 valence electrons. The summed E-state index contributed by atoms with van der Waals surface area (Å²) in [4.78, 5) is 13.8. The van der Waals surface area contributed by atoms with E-state index in [1.54, 1.807) is 0 Å². The first kappa shape index (κ1) is 19.2. The summed E-state index contributed by atoms with van der Waals surface area (Å²) in [6, 6.07) is 0. The Balaban J connectivity index is 0.000000641. The predicted octanol–water partition coefficient (Wildman–Crippen LogP) is 3.42. The Kier molecular flexibility index (Phi) is 10.4. The van der Waals surface area contributed by atoms with Crippen LogP contribution in [0.25, 0.3) is 0 Å². The minimum absolute atomic E-state index is 0.750. The fraction of sp³-hybridized carbons (Fsp3) is 0.824. The van der Waals surface area contributed by atoms with Crippen LogP contribution in [0, 0.1) is 11.8 Å². The number of rotatable bonds is 2. The van der Waals surface area contributed by atoms with Gasteiger partial charge in [0.1, 0.15) is 6.29 Å². The fourth-order valence-electron chi connectivity index (χ4n) is 2.80. The summed E-state index contributed by atoms with van der Waals surface area (Å²) in [5.74, 6) is 1.62. The zero-order chi connectivity index (χ0) is 15.5. The SMILES string of the molecule is C=C(C1CCN(C)CC1)N1CCC(C)C1.CC.CC=O. The van der Waals surface area contributed by atoms with Gasteiger partial charge in [0.2, 0.25) is 0 Å². The van der Waals surface area contributed by atoms with Crippen LogP contribution in [0.1, 0.15) is 47.0 Å². The molecule has 2 saturated heterocycles. The molecular formula is C17H34N2O. The zero-order valence-electron chi connectivity index (χ0n) is 14.2. The minimum Gasteiger partial charge on any atom is -0.375 e. The molecular weight excluding hydrogens is 248 g/mol. The Morgan fingerprint density at radius 3 is 2.05 bits per heavy atom. The molecule has 0 aromatic carbocycles. The maximum absolute atomic E-state index is 8.81. The van der Waals surface area contributed by atoms with E-state index in [1.165, 1.54) is 58.1 Å². The van der Waals surface area contributed by atoms with Crippen LogP contribution in [0.2, 0.25) is 0 Å². The van der Waals surface area contributed by atoms with Crippen molar-refractivity contribution in [2.75, 3.05) is 33.2 Å². The number of carbonyl (C=O) groups excluding carboxylic acids is 1. The van der Waals surface area contributed by atoms with E-state index in [4.69, 9.17) is 4.79 Å². The number of piperidine rings is 1. The van der Waals surface area contributed by atoms with Crippen molar-refractivity contribution in [1.82, 2.24) is 9.80 Å². The average molecular weight is 282 g/mol. The fourth-order valence-corrected chi connectivity index (χ4v) is 2.80. The third kappa shape index (κ3) is 6.56. The molecule has 2 heterocycles. The van der Waals surface area contributed by atoms with E-state index < -0.39 is 0 Å². The zero-order valence-corrected chi connectivity index (χ0v) is 14.2. The summed E-state index contributed by atoms with van der Waals surface area (Å²) in [6.07, 6.45) is 4.71. The molecule has 2 fully saturated rings. The van der Waals surface area contributed by atoms with Gasteiger partial charge >= 0.3 is 0 Å². The van der Waals surface area contributed by atoms with E-state index >= 15 is 0 Å². The molecule has 20 heavy (non-hydrogen) atoms. The van der Waals surface area contributed by atoms with Crippen LogP contribution in [0.3, 0.4) is 0 Å². The Morgan fingerprint density at radius 2 is 1.65 bits per heavy atom. The second kappa shape index (κ2) is 10.9. The van der Waals surface area contributed by atoms with Gasteiger partial charge in [-0.15, -0.1) is 0 Å². The van der Waals surface area contributed by atoms with Crippen molar-refractivity contribution in [3.05, 3.63) is 12.3 Å². The molecule has 0 radical (unpaired) electrons. The van der Waals surface area contributed by atoms with Gasteiger partial charge < -0.3 is 14.6 Å². The first-order valence-electron chi connectivity index (χ1n) is 8.10. The molecule has 0 aromatic heterocycles. The van der Waals surface area contributed by atoms with Gasteiger partial charge in [0.05, 0.1) is 0 Å². The summed E-state index contributed by atoms with van der Waals surface area (Å²) < 4.78 is 0. The lowest BCUT2D eigenvalue weighted by molar-refractivity contribution is -0.106. The van der Waals surface area contributed by atoms with Crippen molar-refractivity contribution in [2.45, 2.75) is 47.0 Å². The number of aldehydes is 1. The molecule has 1 atom stereocenters. The molecule has 0 amide bonds. The standard InChI is InChI=1S/C13H24N2.C2H4O.C2H6/c1-11-4-9-15(10-11)12(2)13-5-7-14(3)8-6-13;1-2-3;1-2/h11,13H,2,4-10H2,1,3H3;2H,1H3;1-2H3. The minimum atomic E-state index is 0.750. The summed E-state index contributed by atoms with van der Waals surface area (Å²) in [6.45, 7) is 17.1. The van der Waals surface area contributed by atoms with Gasteiger partial charge in [-0.25, -0.2) is 0 Å². The van der Waals surface area contributed by atoms with Crippen LogP contribution in [-0.2, 0) is 4.79 Å². The lowest BCUT2D eigenvalue weighted by Gasteiger charge is -2.34. The summed E-state index contributed by atoms with van der Waals surface area (Å²) >= 11 is 0. The van der Waals surface area contributed by atoms with Crippen LogP contribution >= 0.6 is 0 Å². The van der Waals surface area contributed by atoms with E-state index in [0.717, 1.165) is 18.1 Å². The van der Waals surface area contributed by atoms with Crippen molar-refractivity contribution in [3.63, 3.8) is 0 Å². The van der Waals surface area contributed by atoms with Gasteiger partial charge in [-0.2, -0.15) is 0 Å². The molecule has 1 unspecified atom stereocenters. The Hall–Kier alpha value is -0.830. The lowest BCUT2D eigenvalue weighted by Crippen LogP contribution is -2.34. The number of hydrogen-bond acceptors (Lipinski definition) is 3. The Labute approximate surface area is 126 Å². The van der Waals surface area contributed by atoms with E-state index in [9.17, 15) is 0 Å². The maximum atomic E-state index is 8.81. The average Bonchev–Trinajstić information content (AvgIpc) is 2.89. The molecule has 0 spiro atoms. The van der Waals surface area contributed by atoms with Crippen molar-refractivity contribution >= 4 is 6.29 Å². The molecule has 2 aliphatic rings. The second-order valence-corrected chi connectivity index (χ2v) is 5.64. The number of allylic oxidation sites excluding steroid dienone is 1. The number of carbonyl (C=O) groups is 1. The normalized spacial score (nSPS) is 23.2. The molecule has 0 bridgehead atoms. The first-order chi connectivity index (χ1) is 9.58. The summed E-state index contributed by atoms with van der Waals surface area (Å²) in [5.41, 5.74) is 1.42. The van der Waals surface area contributed by atoms with Crippen molar-refractivity contribution in [1.29, 1.82) is 0 Å². The van der Waals surface area contributed by atoms with Gasteiger partial charge in [0.15, 0.2) is 0 Å². The summed E-state index contributed by atoms with van der Waals surface area (Å²) in [7, 11) is 2.22. The van der Waals surface area contributed by atoms with E-state index in [-0.39, 0.29) is 0 Å². The highest BCUT2D eigenvalue weighted by Crippen LogP contribution is 2.29. The lowest BCUT2D eigenvalue weighted by atomic mass is 9.93. The van der Waals surface area contributed by atoms with Gasteiger partial charge in [-0.05, 0) is 52.2 Å². The predicted molar refractivity (Wildman–Crippen MR) is 87.8 cm³/mol. The number of nitrogens with zero attached hydrogens (tertiary/aromatic N) is 2. The second-order valence-electron chi connectivity index (χ2n) is 5.64. The quantitative estimate of drug-likeness (QED) is 0.725. The van der Waals surface area contributed by atoms with Crippen LogP contribution in [0.15, 0.2) is 12.3 Å².